The van der Waals surface area contributed by atoms with Crippen LogP contribution in [0.2, 0.25) is 0 Å². The molecule has 2 aromatic carbocycles. The van der Waals surface area contributed by atoms with Crippen LogP contribution in [0.5, 0.6) is 0 Å². The Balaban J connectivity index is 0.00000242. The Bertz CT molecular complexity index is 580. The Morgan fingerprint density at radius 1 is 1.00 bits per heavy atom. The number of guanidine groups is 1. The van der Waals surface area contributed by atoms with Crippen molar-refractivity contribution in [3.8, 4) is 0 Å². The fourth-order valence-corrected chi connectivity index (χ4v) is 1.94. The van der Waals surface area contributed by atoms with Gasteiger partial charge in [-0.3, -0.25) is 0 Å². The van der Waals surface area contributed by atoms with E-state index in [0.29, 0.717) is 12.5 Å². The first-order valence-electron chi connectivity index (χ1n) is 7.14. The molecule has 0 aliphatic carbocycles. The molecule has 0 spiro atoms. The first-order valence-corrected chi connectivity index (χ1v) is 7.14. The van der Waals surface area contributed by atoms with Crippen molar-refractivity contribution in [3.63, 3.8) is 0 Å². The lowest BCUT2D eigenvalue weighted by atomic mass is 10.1. The average Bonchev–Trinajstić information content (AvgIpc) is 2.54. The lowest BCUT2D eigenvalue weighted by Crippen LogP contribution is -2.33. The van der Waals surface area contributed by atoms with Gasteiger partial charge in [0.2, 0.25) is 0 Å². The van der Waals surface area contributed by atoms with Crippen LogP contribution in [0.15, 0.2) is 71.7 Å². The van der Waals surface area contributed by atoms with E-state index in [1.165, 1.54) is 11.1 Å². The summed E-state index contributed by atoms with van der Waals surface area (Å²) in [5.41, 5.74) is 8.29. The zero-order valence-corrected chi connectivity index (χ0v) is 14.8. The first kappa shape index (κ1) is 18.2. The molecule has 0 heterocycles. The topological polar surface area (TPSA) is 50.4 Å². The third-order valence-electron chi connectivity index (χ3n) is 3.04. The maximum Gasteiger partial charge on any atom is 0.188 e. The molecule has 4 heteroatoms. The molecule has 3 nitrogen and oxygen atoms in total. The Hall–Kier alpha value is -1.82. The quantitative estimate of drug-likeness (QED) is 0.438. The summed E-state index contributed by atoms with van der Waals surface area (Å²) < 4.78 is 0. The van der Waals surface area contributed by atoms with Crippen molar-refractivity contribution in [1.29, 1.82) is 0 Å². The highest BCUT2D eigenvalue weighted by Crippen LogP contribution is 2.00. The van der Waals surface area contributed by atoms with Gasteiger partial charge in [0.25, 0.3) is 0 Å². The van der Waals surface area contributed by atoms with Crippen LogP contribution in [0.1, 0.15) is 11.1 Å². The highest BCUT2D eigenvalue weighted by Gasteiger charge is 1.92. The van der Waals surface area contributed by atoms with E-state index >= 15 is 0 Å². The third-order valence-corrected chi connectivity index (χ3v) is 3.04. The number of hydrogen-bond donors (Lipinski definition) is 2. The van der Waals surface area contributed by atoms with Gasteiger partial charge in [0.05, 0.1) is 6.54 Å². The monoisotopic (exact) mass is 407 g/mol. The number of benzene rings is 2. The second-order valence-electron chi connectivity index (χ2n) is 4.70. The highest BCUT2D eigenvalue weighted by molar-refractivity contribution is 14.0. The zero-order chi connectivity index (χ0) is 14.8. The summed E-state index contributed by atoms with van der Waals surface area (Å²) in [5.74, 6) is 0.489. The van der Waals surface area contributed by atoms with Gasteiger partial charge < -0.3 is 11.1 Å². The second-order valence-corrected chi connectivity index (χ2v) is 4.70. The van der Waals surface area contributed by atoms with Crippen LogP contribution in [-0.4, -0.2) is 19.0 Å². The van der Waals surface area contributed by atoms with E-state index in [1.54, 1.807) is 0 Å². The van der Waals surface area contributed by atoms with Crippen molar-refractivity contribution < 1.29 is 0 Å². The number of halogens is 1. The average molecular weight is 407 g/mol. The molecule has 0 fully saturated rings. The molecule has 0 amide bonds. The smallest absolute Gasteiger partial charge is 0.188 e. The van der Waals surface area contributed by atoms with Gasteiger partial charge in [-0.15, -0.1) is 24.0 Å². The maximum absolute atomic E-state index is 5.82. The van der Waals surface area contributed by atoms with Gasteiger partial charge in [0.1, 0.15) is 0 Å². The summed E-state index contributed by atoms with van der Waals surface area (Å²) in [7, 11) is 0. The summed E-state index contributed by atoms with van der Waals surface area (Å²) in [4.78, 5) is 4.27. The number of nitrogens with zero attached hydrogens (tertiary/aromatic N) is 1. The Labute approximate surface area is 149 Å². The van der Waals surface area contributed by atoms with Crippen LogP contribution in [0.3, 0.4) is 0 Å². The molecule has 116 valence electrons. The van der Waals surface area contributed by atoms with Crippen molar-refractivity contribution >= 4 is 36.0 Å². The summed E-state index contributed by atoms with van der Waals surface area (Å²) in [6.07, 6.45) is 4.98. The normalized spacial score (nSPS) is 11.2. The van der Waals surface area contributed by atoms with Crippen LogP contribution in [-0.2, 0) is 6.42 Å². The molecule has 22 heavy (non-hydrogen) atoms. The molecule has 2 aromatic rings. The largest absolute Gasteiger partial charge is 0.370 e. The predicted molar refractivity (Wildman–Crippen MR) is 106 cm³/mol. The number of hydrogen-bond acceptors (Lipinski definition) is 1. The molecule has 0 bridgehead atoms. The highest BCUT2D eigenvalue weighted by atomic mass is 127. The molecule has 0 saturated heterocycles. The van der Waals surface area contributed by atoms with Crippen LogP contribution in [0.4, 0.5) is 0 Å². The van der Waals surface area contributed by atoms with Crippen LogP contribution in [0.25, 0.3) is 6.08 Å². The van der Waals surface area contributed by atoms with Crippen molar-refractivity contribution in [2.24, 2.45) is 10.7 Å². The van der Waals surface area contributed by atoms with Crippen molar-refractivity contribution in [1.82, 2.24) is 5.32 Å². The minimum Gasteiger partial charge on any atom is -0.370 e. The first-order chi connectivity index (χ1) is 10.3. The standard InChI is InChI=1S/C18H21N3.HI/c19-18(21-15-13-17-10-5-2-6-11-17)20-14-7-12-16-8-3-1-4-9-16;/h1-12H,13-15H2,(H3,19,20,21);1H. The number of aliphatic imine (C=N–C) groups is 1. The number of nitrogens with two attached hydrogens (primary N) is 1. The van der Waals surface area contributed by atoms with E-state index in [-0.39, 0.29) is 24.0 Å². The minimum atomic E-state index is 0. The summed E-state index contributed by atoms with van der Waals surface area (Å²) in [6.45, 7) is 1.38. The molecule has 0 saturated carbocycles. The maximum atomic E-state index is 5.82. The van der Waals surface area contributed by atoms with E-state index in [4.69, 9.17) is 5.73 Å². The van der Waals surface area contributed by atoms with Crippen molar-refractivity contribution in [3.05, 3.63) is 77.9 Å². The summed E-state index contributed by atoms with van der Waals surface area (Å²) >= 11 is 0. The lowest BCUT2D eigenvalue weighted by Gasteiger charge is -2.05. The molecule has 0 aliphatic heterocycles. The van der Waals surface area contributed by atoms with Crippen LogP contribution in [0, 0.1) is 0 Å². The Morgan fingerprint density at radius 3 is 2.32 bits per heavy atom. The Kier molecular flexibility index (Phi) is 8.98. The molecular formula is C18H22IN3. The zero-order valence-electron chi connectivity index (χ0n) is 12.5. The van der Waals surface area contributed by atoms with E-state index in [9.17, 15) is 0 Å². The number of rotatable bonds is 6. The van der Waals surface area contributed by atoms with Gasteiger partial charge in [0.15, 0.2) is 5.96 Å². The molecule has 2 rings (SSSR count). The van der Waals surface area contributed by atoms with E-state index in [1.807, 2.05) is 48.6 Å². The molecule has 3 N–H and O–H groups in total. The molecule has 0 unspecified atom stereocenters. The van der Waals surface area contributed by atoms with Gasteiger partial charge >= 0.3 is 0 Å². The minimum absolute atomic E-state index is 0. The molecule has 0 aromatic heterocycles. The van der Waals surface area contributed by atoms with Gasteiger partial charge in [-0.1, -0.05) is 72.8 Å². The van der Waals surface area contributed by atoms with Crippen LogP contribution >= 0.6 is 24.0 Å². The fraction of sp³-hybridized carbons (Fsp3) is 0.167. The summed E-state index contributed by atoms with van der Waals surface area (Å²) in [5, 5.41) is 3.12. The van der Waals surface area contributed by atoms with Gasteiger partial charge in [-0.25, -0.2) is 4.99 Å². The fourth-order valence-electron chi connectivity index (χ4n) is 1.94. The number of nitrogens with one attached hydrogen (secondary N) is 1. The third kappa shape index (κ3) is 7.26. The molecule has 0 aliphatic rings. The molecule has 0 radical (unpaired) electrons. The van der Waals surface area contributed by atoms with Gasteiger partial charge in [0, 0.05) is 6.54 Å². The predicted octanol–water partition coefficient (Wildman–Crippen LogP) is 3.46. The Morgan fingerprint density at radius 2 is 1.64 bits per heavy atom. The van der Waals surface area contributed by atoms with Gasteiger partial charge in [-0.2, -0.15) is 0 Å². The second kappa shape index (κ2) is 10.8. The van der Waals surface area contributed by atoms with Crippen molar-refractivity contribution in [2.75, 3.05) is 13.1 Å². The van der Waals surface area contributed by atoms with E-state index in [2.05, 4.69) is 34.6 Å². The summed E-state index contributed by atoms with van der Waals surface area (Å²) in [6, 6.07) is 20.5. The van der Waals surface area contributed by atoms with E-state index in [0.717, 1.165) is 13.0 Å². The van der Waals surface area contributed by atoms with Gasteiger partial charge in [-0.05, 0) is 17.5 Å². The van der Waals surface area contributed by atoms with E-state index < -0.39 is 0 Å². The molecule has 0 atom stereocenters. The lowest BCUT2D eigenvalue weighted by molar-refractivity contribution is 0.854. The van der Waals surface area contributed by atoms with Crippen LogP contribution < -0.4 is 11.1 Å². The molecular weight excluding hydrogens is 385 g/mol. The SMILES string of the molecule is I.NC(=NCC=Cc1ccccc1)NCCc1ccccc1. The van der Waals surface area contributed by atoms with Crippen molar-refractivity contribution in [2.45, 2.75) is 6.42 Å².